The van der Waals surface area contributed by atoms with E-state index in [1.807, 2.05) is 0 Å². The first-order valence-corrected chi connectivity index (χ1v) is 6.26. The average Bonchev–Trinajstić information content (AvgIpc) is 2.91. The van der Waals surface area contributed by atoms with E-state index in [1.165, 1.54) is 6.92 Å². The Morgan fingerprint density at radius 1 is 1.37 bits per heavy atom. The van der Waals surface area contributed by atoms with Crippen molar-refractivity contribution in [2.45, 2.75) is 13.3 Å². The van der Waals surface area contributed by atoms with Gasteiger partial charge in [-0.25, -0.2) is 0 Å². The molecule has 5 nitrogen and oxygen atoms in total. The fourth-order valence-corrected chi connectivity index (χ4v) is 1.90. The van der Waals surface area contributed by atoms with Crippen molar-refractivity contribution in [3.05, 3.63) is 24.3 Å². The van der Waals surface area contributed by atoms with Gasteiger partial charge in [0.15, 0.2) is 5.78 Å². The molecule has 0 spiro atoms. The van der Waals surface area contributed by atoms with E-state index in [2.05, 4.69) is 5.32 Å². The molecule has 1 saturated heterocycles. The molecule has 1 aliphatic heterocycles. The first kappa shape index (κ1) is 13.5. The maximum Gasteiger partial charge on any atom is 0.221 e. The normalized spacial score (nSPS) is 18.1. The highest BCUT2D eigenvalue weighted by molar-refractivity contribution is 5.88. The van der Waals surface area contributed by atoms with Gasteiger partial charge in [-0.15, -0.1) is 0 Å². The minimum absolute atomic E-state index is 0.0290. The average molecular weight is 263 g/mol. The number of ether oxygens (including phenoxy) is 2. The number of hydrogen-bond acceptors (Lipinski definition) is 4. The molecule has 0 saturated carbocycles. The van der Waals surface area contributed by atoms with E-state index in [4.69, 9.17) is 9.47 Å². The number of anilines is 1. The van der Waals surface area contributed by atoms with Gasteiger partial charge in [0, 0.05) is 25.1 Å². The fraction of sp³-hybridized carbons (Fsp3) is 0.429. The number of nitrogens with one attached hydrogen (secondary N) is 1. The van der Waals surface area contributed by atoms with Gasteiger partial charge in [-0.3, -0.25) is 9.59 Å². The van der Waals surface area contributed by atoms with Crippen molar-refractivity contribution in [3.8, 4) is 5.75 Å². The van der Waals surface area contributed by atoms with Crippen molar-refractivity contribution in [1.82, 2.24) is 0 Å². The summed E-state index contributed by atoms with van der Waals surface area (Å²) < 4.78 is 10.6. The molecule has 0 aliphatic carbocycles. The molecule has 1 N–H and O–H groups in total. The Hall–Kier alpha value is -1.88. The molecule has 5 heteroatoms. The molecule has 1 unspecified atom stereocenters. The first-order chi connectivity index (χ1) is 9.15. The summed E-state index contributed by atoms with van der Waals surface area (Å²) in [6.07, 6.45) is 0.781. The summed E-state index contributed by atoms with van der Waals surface area (Å²) in [7, 11) is 0. The van der Waals surface area contributed by atoms with Gasteiger partial charge in [0.05, 0.1) is 6.61 Å². The van der Waals surface area contributed by atoms with E-state index in [1.54, 1.807) is 24.3 Å². The summed E-state index contributed by atoms with van der Waals surface area (Å²) in [5.41, 5.74) is 0.704. The highest BCUT2D eigenvalue weighted by Gasteiger charge is 2.23. The van der Waals surface area contributed by atoms with Crippen LogP contribution in [0.5, 0.6) is 5.75 Å². The lowest BCUT2D eigenvalue weighted by atomic mass is 10.0. The third-order valence-electron chi connectivity index (χ3n) is 2.94. The Bertz CT molecular complexity index is 449. The van der Waals surface area contributed by atoms with Gasteiger partial charge in [0.25, 0.3) is 0 Å². The van der Waals surface area contributed by atoms with Crippen LogP contribution in [-0.4, -0.2) is 31.5 Å². The van der Waals surface area contributed by atoms with Crippen LogP contribution in [0.2, 0.25) is 0 Å². The Morgan fingerprint density at radius 3 is 2.68 bits per heavy atom. The van der Waals surface area contributed by atoms with Crippen LogP contribution in [0.15, 0.2) is 24.3 Å². The zero-order valence-corrected chi connectivity index (χ0v) is 10.8. The lowest BCUT2D eigenvalue weighted by Crippen LogP contribution is -2.21. The number of rotatable bonds is 5. The van der Waals surface area contributed by atoms with Crippen LogP contribution in [0.1, 0.15) is 13.3 Å². The number of benzene rings is 1. The Labute approximate surface area is 111 Å². The summed E-state index contributed by atoms with van der Waals surface area (Å²) in [4.78, 5) is 22.6. The summed E-state index contributed by atoms with van der Waals surface area (Å²) in [6, 6.07) is 6.92. The van der Waals surface area contributed by atoms with Crippen molar-refractivity contribution >= 4 is 17.4 Å². The van der Waals surface area contributed by atoms with Crippen molar-refractivity contribution in [1.29, 1.82) is 0 Å². The van der Waals surface area contributed by atoms with Crippen molar-refractivity contribution in [3.63, 3.8) is 0 Å². The molecule has 0 bridgehead atoms. The number of carbonyl (C=O) groups excluding carboxylic acids is 2. The van der Waals surface area contributed by atoms with Crippen LogP contribution in [0, 0.1) is 5.92 Å². The Kier molecular flexibility index (Phi) is 4.52. The van der Waals surface area contributed by atoms with Gasteiger partial charge in [0.2, 0.25) is 5.91 Å². The van der Waals surface area contributed by atoms with Crippen molar-refractivity contribution in [2.75, 3.05) is 25.1 Å². The minimum atomic E-state index is -0.120. The predicted octanol–water partition coefficient (Wildman–Crippen LogP) is 1.63. The van der Waals surface area contributed by atoms with Crippen LogP contribution in [-0.2, 0) is 14.3 Å². The van der Waals surface area contributed by atoms with Crippen LogP contribution in [0.4, 0.5) is 5.69 Å². The molecule has 1 aromatic rings. The standard InChI is InChI=1S/C14H17NO4/c1-10(16)15-12-2-4-13(5-3-12)19-9-14(17)11-6-7-18-8-11/h2-5,11H,6-9H2,1H3,(H,15,16). The maximum absolute atomic E-state index is 11.8. The number of Topliss-reactive ketones (excluding diaryl/α,β-unsaturated/α-hetero) is 1. The third-order valence-corrected chi connectivity index (χ3v) is 2.94. The second-order valence-electron chi connectivity index (χ2n) is 4.52. The van der Waals surface area contributed by atoms with E-state index in [0.717, 1.165) is 6.42 Å². The highest BCUT2D eigenvalue weighted by atomic mass is 16.5. The quantitative estimate of drug-likeness (QED) is 0.877. The molecule has 1 atom stereocenters. The molecule has 0 aromatic heterocycles. The number of carbonyl (C=O) groups is 2. The number of hydrogen-bond donors (Lipinski definition) is 1. The number of ketones is 1. The molecule has 1 aromatic carbocycles. The summed E-state index contributed by atoms with van der Waals surface area (Å²) in [5.74, 6) is 0.536. The maximum atomic E-state index is 11.8. The summed E-state index contributed by atoms with van der Waals surface area (Å²) >= 11 is 0. The van der Waals surface area contributed by atoms with Crippen molar-refractivity contribution < 1.29 is 19.1 Å². The Balaban J connectivity index is 1.82. The van der Waals surface area contributed by atoms with E-state index in [9.17, 15) is 9.59 Å². The lowest BCUT2D eigenvalue weighted by Gasteiger charge is -2.09. The molecular formula is C14H17NO4. The third kappa shape index (κ3) is 4.06. The summed E-state index contributed by atoms with van der Waals surface area (Å²) in [5, 5.41) is 2.66. The molecular weight excluding hydrogens is 246 g/mol. The minimum Gasteiger partial charge on any atom is -0.486 e. The molecule has 19 heavy (non-hydrogen) atoms. The van der Waals surface area contributed by atoms with Gasteiger partial charge >= 0.3 is 0 Å². The van der Waals surface area contributed by atoms with E-state index in [0.29, 0.717) is 24.7 Å². The topological polar surface area (TPSA) is 64.6 Å². The van der Waals surface area contributed by atoms with Gasteiger partial charge in [-0.2, -0.15) is 0 Å². The smallest absolute Gasteiger partial charge is 0.221 e. The van der Waals surface area contributed by atoms with Gasteiger partial charge < -0.3 is 14.8 Å². The molecule has 102 valence electrons. The van der Waals surface area contributed by atoms with Crippen molar-refractivity contribution in [2.24, 2.45) is 5.92 Å². The molecule has 1 fully saturated rings. The molecule has 1 amide bonds. The number of amides is 1. The van der Waals surface area contributed by atoms with E-state index < -0.39 is 0 Å². The van der Waals surface area contributed by atoms with Gasteiger partial charge in [-0.1, -0.05) is 0 Å². The Morgan fingerprint density at radius 2 is 2.11 bits per heavy atom. The molecule has 2 rings (SSSR count). The second kappa shape index (κ2) is 6.33. The second-order valence-corrected chi connectivity index (χ2v) is 4.52. The monoisotopic (exact) mass is 263 g/mol. The fourth-order valence-electron chi connectivity index (χ4n) is 1.90. The molecule has 1 heterocycles. The van der Waals surface area contributed by atoms with Crippen LogP contribution >= 0.6 is 0 Å². The first-order valence-electron chi connectivity index (χ1n) is 6.26. The SMILES string of the molecule is CC(=O)Nc1ccc(OCC(=O)C2CCOC2)cc1. The lowest BCUT2D eigenvalue weighted by molar-refractivity contribution is -0.124. The highest BCUT2D eigenvalue weighted by Crippen LogP contribution is 2.17. The summed E-state index contributed by atoms with van der Waals surface area (Å²) in [6.45, 7) is 2.67. The molecule has 1 aliphatic rings. The van der Waals surface area contributed by atoms with Gasteiger partial charge in [-0.05, 0) is 30.7 Å². The van der Waals surface area contributed by atoms with Gasteiger partial charge in [0.1, 0.15) is 12.4 Å². The molecule has 0 radical (unpaired) electrons. The van der Waals surface area contributed by atoms with Crippen LogP contribution < -0.4 is 10.1 Å². The van der Waals surface area contributed by atoms with Crippen LogP contribution in [0.25, 0.3) is 0 Å². The van der Waals surface area contributed by atoms with E-state index >= 15 is 0 Å². The predicted molar refractivity (Wildman–Crippen MR) is 70.2 cm³/mol. The van der Waals surface area contributed by atoms with Crippen LogP contribution in [0.3, 0.4) is 0 Å². The zero-order valence-electron chi connectivity index (χ0n) is 10.8. The van der Waals surface area contributed by atoms with E-state index in [-0.39, 0.29) is 24.2 Å². The largest absolute Gasteiger partial charge is 0.486 e. The zero-order chi connectivity index (χ0) is 13.7.